The summed E-state index contributed by atoms with van der Waals surface area (Å²) < 4.78 is 22.3. The van der Waals surface area contributed by atoms with Crippen LogP contribution >= 0.6 is 0 Å². The van der Waals surface area contributed by atoms with Crippen molar-refractivity contribution < 1.29 is 33.7 Å². The van der Waals surface area contributed by atoms with Gasteiger partial charge in [-0.2, -0.15) is 0 Å². The van der Waals surface area contributed by atoms with E-state index in [9.17, 15) is 14.9 Å². The Morgan fingerprint density at radius 3 is 2.62 bits per heavy atom. The molecule has 0 spiro atoms. The van der Waals surface area contributed by atoms with E-state index >= 15 is 0 Å². The van der Waals surface area contributed by atoms with Gasteiger partial charge in [-0.05, 0) is 40.1 Å². The molecule has 0 aromatic heterocycles. The summed E-state index contributed by atoms with van der Waals surface area (Å²) in [6.45, 7) is 8.29. The first kappa shape index (κ1) is 20.2. The molecule has 0 radical (unpaired) electrons. The summed E-state index contributed by atoms with van der Waals surface area (Å²) in [6, 6.07) is -1.31. The van der Waals surface area contributed by atoms with E-state index in [2.05, 4.69) is 14.9 Å². The molecule has 0 saturated carbocycles. The van der Waals surface area contributed by atoms with Gasteiger partial charge in [-0.15, -0.1) is 10.1 Å². The van der Waals surface area contributed by atoms with Crippen LogP contribution in [-0.2, 0) is 28.6 Å². The van der Waals surface area contributed by atoms with Gasteiger partial charge in [-0.25, -0.2) is 0 Å². The summed E-state index contributed by atoms with van der Waals surface area (Å²) in [5.74, 6) is -1.59. The number of hydrogen-bond donors (Lipinski definition) is 0. The third kappa shape index (κ3) is 4.52. The van der Waals surface area contributed by atoms with E-state index in [0.29, 0.717) is 0 Å². The lowest BCUT2D eigenvalue weighted by Gasteiger charge is -2.49. The monoisotopic (exact) mass is 374 g/mol. The molecule has 5 atom stereocenters. The molecule has 2 rings (SSSR count). The molecule has 12 heteroatoms. The highest BCUT2D eigenvalue weighted by atomic mass is 17.0. The molecule has 2 heterocycles. The normalized spacial score (nSPS) is 33.3. The van der Waals surface area contributed by atoms with Gasteiger partial charge in [-0.1, -0.05) is 5.11 Å². The van der Waals surface area contributed by atoms with Crippen LogP contribution in [-0.4, -0.2) is 54.1 Å². The van der Waals surface area contributed by atoms with Crippen molar-refractivity contribution in [3.63, 3.8) is 0 Å². The van der Waals surface area contributed by atoms with Gasteiger partial charge in [0.05, 0.1) is 12.0 Å². The molecule has 0 aromatic rings. The maximum absolute atomic E-state index is 12.4. The van der Waals surface area contributed by atoms with E-state index < -0.39 is 52.9 Å². The van der Waals surface area contributed by atoms with E-state index in [1.807, 2.05) is 0 Å². The van der Waals surface area contributed by atoms with Gasteiger partial charge >= 0.3 is 5.97 Å². The summed E-state index contributed by atoms with van der Waals surface area (Å²) in [7, 11) is 0. The fourth-order valence-electron chi connectivity index (χ4n) is 2.60. The molecular formula is C14H22N4O8. The van der Waals surface area contributed by atoms with E-state index in [4.69, 9.17) is 24.5 Å². The van der Waals surface area contributed by atoms with Crippen molar-refractivity contribution in [2.24, 2.45) is 10.5 Å². The second-order valence-electron chi connectivity index (χ2n) is 7.48. The summed E-state index contributed by atoms with van der Waals surface area (Å²) in [5.41, 5.74) is 8.00. The lowest BCUT2D eigenvalue weighted by Crippen LogP contribution is -2.65. The Balaban J connectivity index is 2.38. The molecule has 0 amide bonds. The smallest absolute Gasteiger partial charge is 0.311 e. The van der Waals surface area contributed by atoms with Crippen LogP contribution in [0, 0.1) is 15.5 Å². The second kappa shape index (κ2) is 7.23. The Morgan fingerprint density at radius 1 is 1.42 bits per heavy atom. The molecular weight excluding hydrogens is 352 g/mol. The van der Waals surface area contributed by atoms with E-state index in [1.54, 1.807) is 34.6 Å². The van der Waals surface area contributed by atoms with Crippen molar-refractivity contribution in [2.45, 2.75) is 71.0 Å². The second-order valence-corrected chi connectivity index (χ2v) is 7.48. The van der Waals surface area contributed by atoms with Crippen LogP contribution in [0.25, 0.3) is 10.4 Å². The molecule has 26 heavy (non-hydrogen) atoms. The summed E-state index contributed by atoms with van der Waals surface area (Å²) in [5, 5.41) is 13.2. The number of rotatable bonds is 4. The number of hydrogen-bond acceptors (Lipinski definition) is 9. The molecule has 0 unspecified atom stereocenters. The molecule has 0 aromatic carbocycles. The number of fused-ring (bicyclic) bond motifs is 1. The number of nitrogens with zero attached hydrogens (tertiary/aromatic N) is 4. The number of carbonyl (C=O) groups excluding carboxylic acids is 1. The predicted molar refractivity (Wildman–Crippen MR) is 83.9 cm³/mol. The average Bonchev–Trinajstić information content (AvgIpc) is 2.49. The van der Waals surface area contributed by atoms with Gasteiger partial charge in [0, 0.05) is 4.91 Å². The van der Waals surface area contributed by atoms with Gasteiger partial charge in [0.15, 0.2) is 5.79 Å². The fraction of sp³-hybridized carbons (Fsp3) is 0.929. The lowest BCUT2D eigenvalue weighted by atomic mass is 9.93. The first-order valence-corrected chi connectivity index (χ1v) is 7.98. The predicted octanol–water partition coefficient (Wildman–Crippen LogP) is 1.71. The van der Waals surface area contributed by atoms with Crippen molar-refractivity contribution >= 4 is 5.97 Å². The minimum absolute atomic E-state index is 0.0296. The maximum atomic E-state index is 12.4. The van der Waals surface area contributed by atoms with Crippen molar-refractivity contribution in [1.29, 1.82) is 0 Å². The van der Waals surface area contributed by atoms with E-state index in [0.717, 1.165) is 0 Å². The first-order chi connectivity index (χ1) is 11.9. The van der Waals surface area contributed by atoms with Gasteiger partial charge < -0.3 is 18.9 Å². The Morgan fingerprint density at radius 2 is 2.08 bits per heavy atom. The van der Waals surface area contributed by atoms with E-state index in [-0.39, 0.29) is 6.61 Å². The van der Waals surface area contributed by atoms with Crippen molar-refractivity contribution in [2.75, 3.05) is 6.61 Å². The van der Waals surface area contributed by atoms with Crippen LogP contribution in [0.4, 0.5) is 0 Å². The third-order valence-corrected chi connectivity index (χ3v) is 3.86. The summed E-state index contributed by atoms with van der Waals surface area (Å²) in [4.78, 5) is 30.3. The number of esters is 1. The van der Waals surface area contributed by atoms with E-state index in [1.165, 1.54) is 0 Å². The molecule has 2 aliphatic heterocycles. The van der Waals surface area contributed by atoms with Crippen LogP contribution in [0.1, 0.15) is 34.6 Å². The highest BCUT2D eigenvalue weighted by Crippen LogP contribution is 2.36. The van der Waals surface area contributed by atoms with Gasteiger partial charge in [0.2, 0.25) is 6.29 Å². The zero-order valence-electron chi connectivity index (χ0n) is 15.1. The van der Waals surface area contributed by atoms with Gasteiger partial charge in [0.1, 0.15) is 24.4 Å². The van der Waals surface area contributed by atoms with Gasteiger partial charge in [-0.3, -0.25) is 9.63 Å². The average molecular weight is 374 g/mol. The highest BCUT2D eigenvalue weighted by Gasteiger charge is 2.54. The minimum atomic E-state index is -1.56. The molecule has 146 valence electrons. The molecule has 0 N–H and O–H groups in total. The highest BCUT2D eigenvalue weighted by molar-refractivity contribution is 5.75. The zero-order chi connectivity index (χ0) is 19.7. The maximum Gasteiger partial charge on any atom is 0.311 e. The SMILES string of the molecule is CC1(C)OC[C@H]2O[C@H](O[N+](=O)[O-])[C@@H](N=[N+]=[N-])[C@@H](OC(=O)C(C)(C)C)[C@@H]2O1. The molecule has 2 aliphatic rings. The van der Waals surface area contributed by atoms with Crippen LogP contribution < -0.4 is 0 Å². The van der Waals surface area contributed by atoms with Crippen molar-refractivity contribution in [3.05, 3.63) is 20.6 Å². The Kier molecular flexibility index (Phi) is 5.61. The standard InChI is InChI=1S/C14H22N4O8/c1-13(2,3)12(19)24-10-8(16-17-15)11(26-18(20)21)23-7-6-22-14(4,5)25-9(7)10/h7-11H,6H2,1-5H3/t7-,8+,9-,10-,11-/m1/s1. The third-order valence-electron chi connectivity index (χ3n) is 3.86. The minimum Gasteiger partial charge on any atom is -0.458 e. The van der Waals surface area contributed by atoms with Crippen LogP contribution in [0.15, 0.2) is 5.11 Å². The number of ether oxygens (including phenoxy) is 4. The lowest BCUT2D eigenvalue weighted by molar-refractivity contribution is -0.784. The zero-order valence-corrected chi connectivity index (χ0v) is 15.1. The molecule has 0 aliphatic carbocycles. The van der Waals surface area contributed by atoms with Crippen molar-refractivity contribution in [1.82, 2.24) is 0 Å². The topological polar surface area (TPSA) is 155 Å². The van der Waals surface area contributed by atoms with Crippen LogP contribution in [0.2, 0.25) is 0 Å². The van der Waals surface area contributed by atoms with Crippen LogP contribution in [0.5, 0.6) is 0 Å². The summed E-state index contributed by atoms with van der Waals surface area (Å²) in [6.07, 6.45) is -4.37. The van der Waals surface area contributed by atoms with Crippen LogP contribution in [0.3, 0.4) is 0 Å². The molecule has 0 bridgehead atoms. The van der Waals surface area contributed by atoms with Gasteiger partial charge in [0.25, 0.3) is 5.09 Å². The quantitative estimate of drug-likeness (QED) is 0.180. The fourth-order valence-corrected chi connectivity index (χ4v) is 2.60. The Bertz CT molecular complexity index is 613. The molecule has 2 fully saturated rings. The van der Waals surface area contributed by atoms with Crippen molar-refractivity contribution in [3.8, 4) is 0 Å². The number of azide groups is 1. The number of carbonyl (C=O) groups is 1. The first-order valence-electron chi connectivity index (χ1n) is 7.98. The summed E-state index contributed by atoms with van der Waals surface area (Å²) >= 11 is 0. The molecule has 12 nitrogen and oxygen atoms in total. The largest absolute Gasteiger partial charge is 0.458 e. The molecule has 2 saturated heterocycles. The Hall–Kier alpha value is -2.14. The Labute approximate surface area is 149 Å².